The molecule has 1 atom stereocenters. The molecule has 0 aliphatic rings. The topological polar surface area (TPSA) is 21.3 Å². The lowest BCUT2D eigenvalue weighted by atomic mass is 9.96. The zero-order valence-electron chi connectivity index (χ0n) is 12.5. The van der Waals surface area contributed by atoms with Crippen molar-refractivity contribution in [3.8, 4) is 5.75 Å². The fraction of sp³-hybridized carbons (Fsp3) is 0.333. The van der Waals surface area contributed by atoms with Crippen LogP contribution in [0.4, 0.5) is 0 Å². The van der Waals surface area contributed by atoms with Crippen molar-refractivity contribution in [2.24, 2.45) is 0 Å². The number of nitrogens with one attached hydrogen (secondary N) is 1. The van der Waals surface area contributed by atoms with E-state index in [1.165, 1.54) is 16.7 Å². The molecule has 0 saturated heterocycles. The highest BCUT2D eigenvalue weighted by molar-refractivity contribution is 5.43. The standard InChI is InChI=1S/C18H23NO/c1-4-12-19-18(15-8-6-5-7-9-15)16-11-10-14(2)13-17(16)20-3/h5-11,13,18-19H,4,12H2,1-3H3. The van der Waals surface area contributed by atoms with Gasteiger partial charge in [-0.05, 0) is 37.1 Å². The van der Waals surface area contributed by atoms with E-state index in [0.29, 0.717) is 0 Å². The van der Waals surface area contributed by atoms with Gasteiger partial charge in [0.15, 0.2) is 0 Å². The van der Waals surface area contributed by atoms with Crippen LogP contribution in [0.3, 0.4) is 0 Å². The molecule has 2 heteroatoms. The summed E-state index contributed by atoms with van der Waals surface area (Å²) in [6.45, 7) is 5.25. The first kappa shape index (κ1) is 14.6. The quantitative estimate of drug-likeness (QED) is 0.852. The van der Waals surface area contributed by atoms with E-state index < -0.39 is 0 Å². The highest BCUT2D eigenvalue weighted by Crippen LogP contribution is 2.30. The van der Waals surface area contributed by atoms with Gasteiger partial charge in [0.2, 0.25) is 0 Å². The summed E-state index contributed by atoms with van der Waals surface area (Å²) < 4.78 is 5.57. The van der Waals surface area contributed by atoms with E-state index >= 15 is 0 Å². The largest absolute Gasteiger partial charge is 0.496 e. The first-order chi connectivity index (χ1) is 9.76. The molecule has 0 bridgehead atoms. The molecule has 0 fully saturated rings. The minimum atomic E-state index is 0.173. The van der Waals surface area contributed by atoms with E-state index in [1.54, 1.807) is 7.11 Å². The van der Waals surface area contributed by atoms with Crippen molar-refractivity contribution >= 4 is 0 Å². The summed E-state index contributed by atoms with van der Waals surface area (Å²) in [6.07, 6.45) is 1.11. The molecule has 1 unspecified atom stereocenters. The number of ether oxygens (including phenoxy) is 1. The molecule has 20 heavy (non-hydrogen) atoms. The minimum Gasteiger partial charge on any atom is -0.496 e. The van der Waals surface area contributed by atoms with Crippen LogP contribution in [-0.4, -0.2) is 13.7 Å². The smallest absolute Gasteiger partial charge is 0.124 e. The van der Waals surface area contributed by atoms with Crippen molar-refractivity contribution in [1.29, 1.82) is 0 Å². The second kappa shape index (κ2) is 7.11. The van der Waals surface area contributed by atoms with Crippen LogP contribution in [0.2, 0.25) is 0 Å². The fourth-order valence-corrected chi connectivity index (χ4v) is 2.40. The molecule has 1 N–H and O–H groups in total. The van der Waals surface area contributed by atoms with Crippen LogP contribution in [0.25, 0.3) is 0 Å². The van der Waals surface area contributed by atoms with Gasteiger partial charge in [-0.3, -0.25) is 0 Å². The van der Waals surface area contributed by atoms with Crippen LogP contribution in [0.1, 0.15) is 36.1 Å². The Bertz CT molecular complexity index is 536. The summed E-state index contributed by atoms with van der Waals surface area (Å²) in [5.41, 5.74) is 3.67. The summed E-state index contributed by atoms with van der Waals surface area (Å²) in [4.78, 5) is 0. The normalized spacial score (nSPS) is 12.2. The lowest BCUT2D eigenvalue weighted by molar-refractivity contribution is 0.403. The van der Waals surface area contributed by atoms with Crippen molar-refractivity contribution in [2.75, 3.05) is 13.7 Å². The summed E-state index contributed by atoms with van der Waals surface area (Å²) in [6, 6.07) is 17.1. The summed E-state index contributed by atoms with van der Waals surface area (Å²) in [7, 11) is 1.74. The first-order valence-corrected chi connectivity index (χ1v) is 7.19. The average Bonchev–Trinajstić information content (AvgIpc) is 2.49. The molecule has 0 aliphatic heterocycles. The average molecular weight is 269 g/mol. The van der Waals surface area contributed by atoms with Crippen LogP contribution in [-0.2, 0) is 0 Å². The third-order valence-electron chi connectivity index (χ3n) is 3.43. The molecule has 0 saturated carbocycles. The maximum absolute atomic E-state index is 5.57. The number of hydrogen-bond acceptors (Lipinski definition) is 2. The predicted octanol–water partition coefficient (Wildman–Crippen LogP) is 4.09. The predicted molar refractivity (Wildman–Crippen MR) is 84.3 cm³/mol. The number of aryl methyl sites for hydroxylation is 1. The Morgan fingerprint density at radius 1 is 1.10 bits per heavy atom. The van der Waals surface area contributed by atoms with Gasteiger partial charge in [-0.2, -0.15) is 0 Å². The molecular formula is C18H23NO. The van der Waals surface area contributed by atoms with Gasteiger partial charge in [-0.25, -0.2) is 0 Å². The Labute approximate surface area is 121 Å². The second-order valence-corrected chi connectivity index (χ2v) is 5.04. The number of methoxy groups -OCH3 is 1. The van der Waals surface area contributed by atoms with Crippen molar-refractivity contribution < 1.29 is 4.74 Å². The van der Waals surface area contributed by atoms with Crippen LogP contribution in [0, 0.1) is 6.92 Å². The van der Waals surface area contributed by atoms with Crippen LogP contribution >= 0.6 is 0 Å². The maximum atomic E-state index is 5.57. The van der Waals surface area contributed by atoms with E-state index in [0.717, 1.165) is 18.7 Å². The molecule has 106 valence electrons. The molecule has 2 rings (SSSR count). The molecule has 0 aromatic heterocycles. The van der Waals surface area contributed by atoms with Gasteiger partial charge in [0.25, 0.3) is 0 Å². The van der Waals surface area contributed by atoms with Crippen molar-refractivity contribution in [3.63, 3.8) is 0 Å². The Hall–Kier alpha value is -1.80. The van der Waals surface area contributed by atoms with Gasteiger partial charge in [-0.15, -0.1) is 0 Å². The number of hydrogen-bond donors (Lipinski definition) is 1. The minimum absolute atomic E-state index is 0.173. The second-order valence-electron chi connectivity index (χ2n) is 5.04. The third-order valence-corrected chi connectivity index (χ3v) is 3.43. The molecule has 2 aromatic rings. The Morgan fingerprint density at radius 3 is 2.50 bits per heavy atom. The van der Waals surface area contributed by atoms with Gasteiger partial charge in [0.05, 0.1) is 13.2 Å². The Balaban J connectivity index is 2.41. The summed E-state index contributed by atoms with van der Waals surface area (Å²) in [5, 5.41) is 3.62. The van der Waals surface area contributed by atoms with Gasteiger partial charge < -0.3 is 10.1 Å². The molecular weight excluding hydrogens is 246 g/mol. The highest BCUT2D eigenvalue weighted by Gasteiger charge is 2.17. The zero-order valence-corrected chi connectivity index (χ0v) is 12.5. The van der Waals surface area contributed by atoms with E-state index in [-0.39, 0.29) is 6.04 Å². The summed E-state index contributed by atoms with van der Waals surface area (Å²) >= 11 is 0. The highest BCUT2D eigenvalue weighted by atomic mass is 16.5. The van der Waals surface area contributed by atoms with E-state index in [2.05, 4.69) is 61.6 Å². The molecule has 2 aromatic carbocycles. The maximum Gasteiger partial charge on any atom is 0.124 e. The Morgan fingerprint density at radius 2 is 1.85 bits per heavy atom. The molecule has 0 aliphatic carbocycles. The van der Waals surface area contributed by atoms with Crippen LogP contribution in [0.5, 0.6) is 5.75 Å². The molecule has 0 spiro atoms. The third kappa shape index (κ3) is 3.40. The van der Waals surface area contributed by atoms with E-state index in [1.807, 2.05) is 6.07 Å². The lowest BCUT2D eigenvalue weighted by Crippen LogP contribution is -2.23. The summed E-state index contributed by atoms with van der Waals surface area (Å²) in [5.74, 6) is 0.947. The molecule has 0 amide bonds. The SMILES string of the molecule is CCCNC(c1ccccc1)c1ccc(C)cc1OC. The van der Waals surface area contributed by atoms with Crippen molar-refractivity contribution in [2.45, 2.75) is 26.3 Å². The van der Waals surface area contributed by atoms with E-state index in [4.69, 9.17) is 4.74 Å². The molecule has 0 radical (unpaired) electrons. The number of rotatable bonds is 6. The van der Waals surface area contributed by atoms with Gasteiger partial charge in [0.1, 0.15) is 5.75 Å². The number of benzene rings is 2. The molecule has 0 heterocycles. The molecule has 2 nitrogen and oxygen atoms in total. The van der Waals surface area contributed by atoms with Crippen molar-refractivity contribution in [1.82, 2.24) is 5.32 Å². The fourth-order valence-electron chi connectivity index (χ4n) is 2.40. The van der Waals surface area contributed by atoms with E-state index in [9.17, 15) is 0 Å². The lowest BCUT2D eigenvalue weighted by Gasteiger charge is -2.22. The van der Waals surface area contributed by atoms with Crippen molar-refractivity contribution in [3.05, 3.63) is 65.2 Å². The van der Waals surface area contributed by atoms with Gasteiger partial charge in [-0.1, -0.05) is 49.4 Å². The van der Waals surface area contributed by atoms with Crippen LogP contribution in [0.15, 0.2) is 48.5 Å². The van der Waals surface area contributed by atoms with Gasteiger partial charge in [0, 0.05) is 5.56 Å². The first-order valence-electron chi connectivity index (χ1n) is 7.19. The van der Waals surface area contributed by atoms with Gasteiger partial charge >= 0.3 is 0 Å². The monoisotopic (exact) mass is 269 g/mol. The Kier molecular flexibility index (Phi) is 5.19. The zero-order chi connectivity index (χ0) is 14.4. The van der Waals surface area contributed by atoms with Crippen LogP contribution < -0.4 is 10.1 Å².